The van der Waals surface area contributed by atoms with Crippen LogP contribution in [0.15, 0.2) is 18.2 Å². The van der Waals surface area contributed by atoms with Crippen LogP contribution in [-0.4, -0.2) is 7.05 Å². The Bertz CT molecular complexity index is 248. The summed E-state index contributed by atoms with van der Waals surface area (Å²) < 4.78 is 0. The quantitative estimate of drug-likeness (QED) is 0.663. The highest BCUT2D eigenvalue weighted by Gasteiger charge is 1.96. The van der Waals surface area contributed by atoms with Crippen molar-refractivity contribution >= 4 is 17.3 Å². The van der Waals surface area contributed by atoms with Crippen LogP contribution in [0.4, 0.5) is 5.69 Å². The fourth-order valence-corrected chi connectivity index (χ4v) is 1.09. The lowest BCUT2D eigenvalue weighted by Crippen LogP contribution is -2.04. The van der Waals surface area contributed by atoms with Crippen LogP contribution in [-0.2, 0) is 6.54 Å². The third kappa shape index (κ3) is 2.10. The third-order valence-electron chi connectivity index (χ3n) is 1.45. The van der Waals surface area contributed by atoms with Crippen molar-refractivity contribution in [3.63, 3.8) is 0 Å². The number of hydrogen-bond donors (Lipinski definition) is 2. The predicted molar refractivity (Wildman–Crippen MR) is 48.6 cm³/mol. The number of hydrogen-bond acceptors (Lipinski definition) is 2. The van der Waals surface area contributed by atoms with Crippen LogP contribution >= 0.6 is 11.6 Å². The number of rotatable bonds is 2. The Morgan fingerprint density at radius 1 is 1.55 bits per heavy atom. The van der Waals surface area contributed by atoms with Gasteiger partial charge in [-0.15, -0.1) is 0 Å². The summed E-state index contributed by atoms with van der Waals surface area (Å²) in [5.74, 6) is 0. The monoisotopic (exact) mass is 170 g/mol. The molecular formula is C8H11ClN2. The molecule has 11 heavy (non-hydrogen) atoms. The summed E-state index contributed by atoms with van der Waals surface area (Å²) in [7, 11) is 1.89. The Kier molecular flexibility index (Phi) is 2.74. The molecule has 3 N–H and O–H groups in total. The van der Waals surface area contributed by atoms with Crippen molar-refractivity contribution in [2.75, 3.05) is 12.8 Å². The van der Waals surface area contributed by atoms with Gasteiger partial charge in [0.1, 0.15) is 0 Å². The first kappa shape index (κ1) is 8.37. The largest absolute Gasteiger partial charge is 0.398 e. The molecule has 0 spiro atoms. The number of nitrogens with two attached hydrogens (primary N) is 1. The van der Waals surface area contributed by atoms with Crippen molar-refractivity contribution < 1.29 is 0 Å². The minimum atomic E-state index is 0.623. The molecule has 3 heteroatoms. The van der Waals surface area contributed by atoms with Crippen LogP contribution in [0, 0.1) is 0 Å². The van der Waals surface area contributed by atoms with Crippen molar-refractivity contribution in [2.45, 2.75) is 6.54 Å². The lowest BCUT2D eigenvalue weighted by molar-refractivity contribution is 0.818. The standard InChI is InChI=1S/C8H11ClN2/c1-11-5-6-2-3-8(10)7(9)4-6/h2-4,11H,5,10H2,1H3. The lowest BCUT2D eigenvalue weighted by atomic mass is 10.2. The van der Waals surface area contributed by atoms with Crippen molar-refractivity contribution in [1.82, 2.24) is 5.32 Å². The van der Waals surface area contributed by atoms with E-state index in [0.717, 1.165) is 12.1 Å². The number of nitrogen functional groups attached to an aromatic ring is 1. The van der Waals surface area contributed by atoms with Gasteiger partial charge in [-0.2, -0.15) is 0 Å². The van der Waals surface area contributed by atoms with E-state index in [0.29, 0.717) is 10.7 Å². The predicted octanol–water partition coefficient (Wildman–Crippen LogP) is 1.64. The molecule has 0 atom stereocenters. The second kappa shape index (κ2) is 3.60. The fourth-order valence-electron chi connectivity index (χ4n) is 0.885. The van der Waals surface area contributed by atoms with Gasteiger partial charge in [0.25, 0.3) is 0 Å². The molecule has 0 heterocycles. The Morgan fingerprint density at radius 3 is 2.82 bits per heavy atom. The molecule has 2 nitrogen and oxygen atoms in total. The molecule has 1 aromatic carbocycles. The van der Waals surface area contributed by atoms with E-state index in [1.807, 2.05) is 25.2 Å². The molecule has 0 aromatic heterocycles. The highest BCUT2D eigenvalue weighted by atomic mass is 35.5. The summed E-state index contributed by atoms with van der Waals surface area (Å²) in [6.07, 6.45) is 0. The van der Waals surface area contributed by atoms with Gasteiger partial charge < -0.3 is 11.1 Å². The normalized spacial score (nSPS) is 10.0. The van der Waals surface area contributed by atoms with Gasteiger partial charge in [-0.3, -0.25) is 0 Å². The average Bonchev–Trinajstić information content (AvgIpc) is 1.98. The summed E-state index contributed by atoms with van der Waals surface area (Å²) in [4.78, 5) is 0. The smallest absolute Gasteiger partial charge is 0.0638 e. The van der Waals surface area contributed by atoms with Gasteiger partial charge in [-0.05, 0) is 24.7 Å². The average molecular weight is 171 g/mol. The van der Waals surface area contributed by atoms with Crippen LogP contribution in [0.1, 0.15) is 5.56 Å². The van der Waals surface area contributed by atoms with E-state index in [2.05, 4.69) is 5.32 Å². The zero-order valence-electron chi connectivity index (χ0n) is 6.39. The molecule has 0 aliphatic rings. The van der Waals surface area contributed by atoms with Crippen LogP contribution in [0.3, 0.4) is 0 Å². The maximum Gasteiger partial charge on any atom is 0.0638 e. The first-order chi connectivity index (χ1) is 5.24. The van der Waals surface area contributed by atoms with E-state index < -0.39 is 0 Å². The van der Waals surface area contributed by atoms with Gasteiger partial charge in [0.05, 0.1) is 10.7 Å². The van der Waals surface area contributed by atoms with Gasteiger partial charge in [0.2, 0.25) is 0 Å². The summed E-state index contributed by atoms with van der Waals surface area (Å²) in [5.41, 5.74) is 7.31. The van der Waals surface area contributed by atoms with Gasteiger partial charge in [0, 0.05) is 6.54 Å². The molecule has 0 fully saturated rings. The van der Waals surface area contributed by atoms with Gasteiger partial charge >= 0.3 is 0 Å². The molecule has 0 saturated heterocycles. The van der Waals surface area contributed by atoms with Crippen molar-refractivity contribution in [1.29, 1.82) is 0 Å². The SMILES string of the molecule is CNCc1ccc(N)c(Cl)c1. The number of benzene rings is 1. The maximum atomic E-state index is 5.80. The molecule has 60 valence electrons. The number of halogens is 1. The molecule has 1 aromatic rings. The van der Waals surface area contributed by atoms with E-state index in [4.69, 9.17) is 17.3 Å². The minimum absolute atomic E-state index is 0.623. The summed E-state index contributed by atoms with van der Waals surface area (Å²) in [6, 6.07) is 5.64. The second-order valence-corrected chi connectivity index (χ2v) is 2.79. The van der Waals surface area contributed by atoms with Crippen LogP contribution in [0.25, 0.3) is 0 Å². The van der Waals surface area contributed by atoms with E-state index >= 15 is 0 Å². The highest BCUT2D eigenvalue weighted by Crippen LogP contribution is 2.19. The van der Waals surface area contributed by atoms with Crippen LogP contribution in [0.2, 0.25) is 5.02 Å². The summed E-state index contributed by atoms with van der Waals surface area (Å²) in [6.45, 7) is 0.819. The zero-order chi connectivity index (χ0) is 8.27. The minimum Gasteiger partial charge on any atom is -0.398 e. The van der Waals surface area contributed by atoms with Crippen LogP contribution in [0.5, 0.6) is 0 Å². The van der Waals surface area contributed by atoms with Gasteiger partial charge in [0.15, 0.2) is 0 Å². The van der Waals surface area contributed by atoms with Crippen molar-refractivity contribution in [3.8, 4) is 0 Å². The fraction of sp³-hybridized carbons (Fsp3) is 0.250. The first-order valence-corrected chi connectivity index (χ1v) is 3.80. The summed E-state index contributed by atoms with van der Waals surface area (Å²) >= 11 is 5.80. The van der Waals surface area contributed by atoms with Crippen molar-refractivity contribution in [3.05, 3.63) is 28.8 Å². The van der Waals surface area contributed by atoms with E-state index in [-0.39, 0.29) is 0 Å². The molecule has 0 saturated carbocycles. The van der Waals surface area contributed by atoms with Gasteiger partial charge in [-0.25, -0.2) is 0 Å². The molecule has 0 bridgehead atoms. The molecule has 1 rings (SSSR count). The Morgan fingerprint density at radius 2 is 2.27 bits per heavy atom. The second-order valence-electron chi connectivity index (χ2n) is 2.39. The van der Waals surface area contributed by atoms with Crippen LogP contribution < -0.4 is 11.1 Å². The van der Waals surface area contributed by atoms with E-state index in [9.17, 15) is 0 Å². The first-order valence-electron chi connectivity index (χ1n) is 3.42. The number of nitrogens with one attached hydrogen (secondary N) is 1. The zero-order valence-corrected chi connectivity index (χ0v) is 7.15. The Hall–Kier alpha value is -0.730. The Balaban J connectivity index is 2.86. The van der Waals surface area contributed by atoms with Gasteiger partial charge in [-0.1, -0.05) is 17.7 Å². The molecule has 0 radical (unpaired) electrons. The Labute approximate surface area is 71.4 Å². The maximum absolute atomic E-state index is 5.80. The highest BCUT2D eigenvalue weighted by molar-refractivity contribution is 6.33. The van der Waals surface area contributed by atoms with E-state index in [1.54, 1.807) is 0 Å². The number of anilines is 1. The molecular weight excluding hydrogens is 160 g/mol. The topological polar surface area (TPSA) is 38.0 Å². The van der Waals surface area contributed by atoms with E-state index in [1.165, 1.54) is 0 Å². The molecule has 0 aliphatic carbocycles. The molecule has 0 amide bonds. The molecule has 0 aliphatic heterocycles. The summed E-state index contributed by atoms with van der Waals surface area (Å²) in [5, 5.41) is 3.65. The third-order valence-corrected chi connectivity index (χ3v) is 1.77. The molecule has 0 unspecified atom stereocenters. The lowest BCUT2D eigenvalue weighted by Gasteiger charge is -2.01. The van der Waals surface area contributed by atoms with Crippen molar-refractivity contribution in [2.24, 2.45) is 0 Å².